The molecule has 0 spiro atoms. The van der Waals surface area contributed by atoms with Crippen LogP contribution >= 0.6 is 15.9 Å². The van der Waals surface area contributed by atoms with Crippen LogP contribution in [-0.2, 0) is 6.54 Å². The molecule has 0 saturated heterocycles. The Morgan fingerprint density at radius 1 is 0.935 bits per heavy atom. The Morgan fingerprint density at radius 2 is 1.71 bits per heavy atom. The van der Waals surface area contributed by atoms with Gasteiger partial charge in [-0.1, -0.05) is 30.3 Å². The molecule has 156 valence electrons. The van der Waals surface area contributed by atoms with Gasteiger partial charge < -0.3 is 14.0 Å². The SMILES string of the molecule is COc1cccc(Cn2c(C(C)=O)c(Br)c3ccc(OC(=O)c4ccccc4)cc32)c1. The fourth-order valence-electron chi connectivity index (χ4n) is 3.55. The number of methoxy groups -OCH3 is 1. The van der Waals surface area contributed by atoms with Crippen LogP contribution in [0.5, 0.6) is 11.5 Å². The molecule has 0 unspecified atom stereocenters. The van der Waals surface area contributed by atoms with E-state index in [4.69, 9.17) is 9.47 Å². The number of benzene rings is 3. The van der Waals surface area contributed by atoms with E-state index in [1.165, 1.54) is 6.92 Å². The molecule has 0 saturated carbocycles. The summed E-state index contributed by atoms with van der Waals surface area (Å²) in [5.74, 6) is 0.661. The number of ether oxygens (including phenoxy) is 2. The number of fused-ring (bicyclic) bond motifs is 1. The highest BCUT2D eigenvalue weighted by atomic mass is 79.9. The molecule has 0 aliphatic carbocycles. The predicted molar refractivity (Wildman–Crippen MR) is 123 cm³/mol. The fourth-order valence-corrected chi connectivity index (χ4v) is 4.38. The molecule has 4 aromatic rings. The maximum Gasteiger partial charge on any atom is 0.343 e. The van der Waals surface area contributed by atoms with Crippen LogP contribution in [0, 0.1) is 0 Å². The molecule has 3 aromatic carbocycles. The zero-order valence-electron chi connectivity index (χ0n) is 17.1. The van der Waals surface area contributed by atoms with Crippen LogP contribution in [0.2, 0.25) is 0 Å². The standard InChI is InChI=1S/C25H20BrNO4/c1-16(28)24-23(26)21-12-11-20(31-25(29)18-8-4-3-5-9-18)14-22(21)27(24)15-17-7-6-10-19(13-17)30-2/h3-14H,15H2,1-2H3. The minimum Gasteiger partial charge on any atom is -0.497 e. The van der Waals surface area contributed by atoms with Crippen molar-refractivity contribution in [2.75, 3.05) is 7.11 Å². The number of nitrogens with zero attached hydrogens (tertiary/aromatic N) is 1. The van der Waals surface area contributed by atoms with Gasteiger partial charge in [0.15, 0.2) is 5.78 Å². The largest absolute Gasteiger partial charge is 0.497 e. The number of Topliss-reactive ketones (excluding diaryl/α,β-unsaturated/α-hetero) is 1. The van der Waals surface area contributed by atoms with Gasteiger partial charge in [0.1, 0.15) is 11.5 Å². The molecular formula is C25H20BrNO4. The number of hydrogen-bond donors (Lipinski definition) is 0. The van der Waals surface area contributed by atoms with Gasteiger partial charge in [-0.15, -0.1) is 0 Å². The summed E-state index contributed by atoms with van der Waals surface area (Å²) in [6, 6.07) is 21.9. The first kappa shape index (κ1) is 20.9. The van der Waals surface area contributed by atoms with Gasteiger partial charge in [0.05, 0.1) is 28.4 Å². The lowest BCUT2D eigenvalue weighted by Crippen LogP contribution is -2.09. The summed E-state index contributed by atoms with van der Waals surface area (Å²) in [4.78, 5) is 24.9. The van der Waals surface area contributed by atoms with Crippen molar-refractivity contribution in [3.8, 4) is 11.5 Å². The van der Waals surface area contributed by atoms with E-state index in [1.807, 2.05) is 41.0 Å². The van der Waals surface area contributed by atoms with E-state index in [2.05, 4.69) is 15.9 Å². The highest BCUT2D eigenvalue weighted by molar-refractivity contribution is 9.10. The Morgan fingerprint density at radius 3 is 2.42 bits per heavy atom. The summed E-state index contributed by atoms with van der Waals surface area (Å²) >= 11 is 3.58. The number of halogens is 1. The average molecular weight is 478 g/mol. The smallest absolute Gasteiger partial charge is 0.343 e. The van der Waals surface area contributed by atoms with Crippen LogP contribution in [0.25, 0.3) is 10.9 Å². The highest BCUT2D eigenvalue weighted by Gasteiger charge is 2.20. The fraction of sp³-hybridized carbons (Fsp3) is 0.120. The number of rotatable bonds is 6. The molecule has 0 N–H and O–H groups in total. The molecule has 0 aliphatic rings. The Balaban J connectivity index is 1.77. The lowest BCUT2D eigenvalue weighted by molar-refractivity contribution is 0.0734. The van der Waals surface area contributed by atoms with Gasteiger partial charge in [0.25, 0.3) is 0 Å². The van der Waals surface area contributed by atoms with Gasteiger partial charge in [-0.25, -0.2) is 4.79 Å². The monoisotopic (exact) mass is 477 g/mol. The van der Waals surface area contributed by atoms with E-state index >= 15 is 0 Å². The van der Waals surface area contributed by atoms with E-state index in [1.54, 1.807) is 43.5 Å². The van der Waals surface area contributed by atoms with Crippen molar-refractivity contribution in [2.24, 2.45) is 0 Å². The average Bonchev–Trinajstić information content (AvgIpc) is 3.05. The van der Waals surface area contributed by atoms with E-state index in [0.717, 1.165) is 26.7 Å². The van der Waals surface area contributed by atoms with Crippen molar-refractivity contribution in [1.29, 1.82) is 0 Å². The van der Waals surface area contributed by atoms with Crippen LogP contribution in [0.15, 0.2) is 77.3 Å². The number of esters is 1. The molecule has 0 aliphatic heterocycles. The molecule has 0 bridgehead atoms. The Bertz CT molecular complexity index is 1280. The second-order valence-corrected chi connectivity index (χ2v) is 7.88. The van der Waals surface area contributed by atoms with E-state index < -0.39 is 5.97 Å². The molecule has 31 heavy (non-hydrogen) atoms. The molecule has 0 radical (unpaired) electrons. The number of carbonyl (C=O) groups excluding carboxylic acids is 2. The maximum absolute atomic E-state index is 12.5. The van der Waals surface area contributed by atoms with Crippen molar-refractivity contribution in [2.45, 2.75) is 13.5 Å². The first-order valence-corrected chi connectivity index (χ1v) is 10.5. The molecule has 1 aromatic heterocycles. The van der Waals surface area contributed by atoms with Crippen molar-refractivity contribution in [3.63, 3.8) is 0 Å². The lowest BCUT2D eigenvalue weighted by Gasteiger charge is -2.11. The first-order valence-electron chi connectivity index (χ1n) is 9.70. The van der Waals surface area contributed by atoms with Gasteiger partial charge in [0.2, 0.25) is 0 Å². The summed E-state index contributed by atoms with van der Waals surface area (Å²) < 4.78 is 13.6. The van der Waals surface area contributed by atoms with Crippen molar-refractivity contribution in [3.05, 3.63) is 94.1 Å². The maximum atomic E-state index is 12.5. The van der Waals surface area contributed by atoms with E-state index in [-0.39, 0.29) is 5.78 Å². The quantitative estimate of drug-likeness (QED) is 0.197. The minimum absolute atomic E-state index is 0.0613. The van der Waals surface area contributed by atoms with E-state index in [0.29, 0.717) is 23.6 Å². The number of hydrogen-bond acceptors (Lipinski definition) is 4. The third-order valence-electron chi connectivity index (χ3n) is 5.00. The second kappa shape index (κ2) is 8.78. The van der Waals surface area contributed by atoms with E-state index in [9.17, 15) is 9.59 Å². The number of aromatic nitrogens is 1. The van der Waals surface area contributed by atoms with Gasteiger partial charge in [-0.2, -0.15) is 0 Å². The number of carbonyl (C=O) groups is 2. The summed E-state index contributed by atoms with van der Waals surface area (Å²) in [6.07, 6.45) is 0. The summed E-state index contributed by atoms with van der Waals surface area (Å²) in [6.45, 7) is 2.00. The summed E-state index contributed by atoms with van der Waals surface area (Å²) in [5, 5.41) is 0.868. The molecule has 0 fully saturated rings. The molecule has 5 nitrogen and oxygen atoms in total. The molecular weight excluding hydrogens is 458 g/mol. The van der Waals surface area contributed by atoms with Crippen LogP contribution in [0.4, 0.5) is 0 Å². The molecule has 4 rings (SSSR count). The van der Waals surface area contributed by atoms with Crippen molar-refractivity contribution >= 4 is 38.6 Å². The van der Waals surface area contributed by atoms with Crippen LogP contribution in [0.1, 0.15) is 33.3 Å². The Labute approximate surface area is 188 Å². The third kappa shape index (κ3) is 4.25. The van der Waals surface area contributed by atoms with Gasteiger partial charge in [0, 0.05) is 24.9 Å². The van der Waals surface area contributed by atoms with Crippen LogP contribution in [0.3, 0.4) is 0 Å². The summed E-state index contributed by atoms with van der Waals surface area (Å²) in [7, 11) is 1.62. The normalized spacial score (nSPS) is 10.8. The van der Waals surface area contributed by atoms with Gasteiger partial charge in [-0.05, 0) is 57.9 Å². The molecule has 1 heterocycles. The lowest BCUT2D eigenvalue weighted by atomic mass is 10.2. The minimum atomic E-state index is -0.434. The third-order valence-corrected chi connectivity index (χ3v) is 5.81. The van der Waals surface area contributed by atoms with Gasteiger partial charge >= 0.3 is 5.97 Å². The van der Waals surface area contributed by atoms with Crippen LogP contribution < -0.4 is 9.47 Å². The van der Waals surface area contributed by atoms with Crippen molar-refractivity contribution < 1.29 is 19.1 Å². The molecule has 6 heteroatoms. The zero-order valence-corrected chi connectivity index (χ0v) is 18.7. The topological polar surface area (TPSA) is 57.5 Å². The first-order chi connectivity index (χ1) is 15.0. The second-order valence-electron chi connectivity index (χ2n) is 7.09. The van der Waals surface area contributed by atoms with Gasteiger partial charge in [-0.3, -0.25) is 4.79 Å². The predicted octanol–water partition coefficient (Wildman–Crippen LogP) is 5.88. The zero-order chi connectivity index (χ0) is 22.0. The highest BCUT2D eigenvalue weighted by Crippen LogP contribution is 2.34. The number of ketones is 1. The van der Waals surface area contributed by atoms with Crippen molar-refractivity contribution in [1.82, 2.24) is 4.57 Å². The Hall–Kier alpha value is -3.38. The summed E-state index contributed by atoms with van der Waals surface area (Å²) in [5.41, 5.74) is 2.81. The molecule has 0 amide bonds. The van der Waals surface area contributed by atoms with Crippen LogP contribution in [-0.4, -0.2) is 23.4 Å². The Kier molecular flexibility index (Phi) is 5.91. The molecule has 0 atom stereocenters.